The molecule has 3 rings (SSSR count). The molecule has 0 bridgehead atoms. The molecule has 2 aromatic carbocycles. The summed E-state index contributed by atoms with van der Waals surface area (Å²) < 4.78 is 2.04. The number of aromatic nitrogens is 2. The summed E-state index contributed by atoms with van der Waals surface area (Å²) in [7, 11) is 0. The van der Waals surface area contributed by atoms with Crippen molar-refractivity contribution < 1.29 is 4.79 Å². The lowest BCUT2D eigenvalue weighted by Gasteiger charge is -2.06. The van der Waals surface area contributed by atoms with Gasteiger partial charge in [-0.25, -0.2) is 4.98 Å². The third-order valence-electron chi connectivity index (χ3n) is 3.20. The summed E-state index contributed by atoms with van der Waals surface area (Å²) in [5.74, 6) is -0.0463. The van der Waals surface area contributed by atoms with Gasteiger partial charge in [0.1, 0.15) is 0 Å². The van der Waals surface area contributed by atoms with Crippen molar-refractivity contribution in [3.63, 3.8) is 0 Å². The summed E-state index contributed by atoms with van der Waals surface area (Å²) >= 11 is 0. The zero-order chi connectivity index (χ0) is 13.8. The molecule has 0 atom stereocenters. The molecular formula is C16H15N3O. The Morgan fingerprint density at radius 1 is 1.05 bits per heavy atom. The molecule has 100 valence electrons. The molecule has 1 N–H and O–H groups in total. The predicted octanol–water partition coefficient (Wildman–Crippen LogP) is 2.47. The molecule has 4 nitrogen and oxygen atoms in total. The smallest absolute Gasteiger partial charge is 0.251 e. The quantitative estimate of drug-likeness (QED) is 0.787. The van der Waals surface area contributed by atoms with Crippen LogP contribution in [-0.4, -0.2) is 22.0 Å². The fraction of sp³-hybridized carbons (Fsp3) is 0.125. The number of carbonyl (C=O) groups is 1. The lowest BCUT2D eigenvalue weighted by Crippen LogP contribution is -2.26. The maximum Gasteiger partial charge on any atom is 0.251 e. The normalized spacial score (nSPS) is 10.6. The number of para-hydroxylation sites is 2. The van der Waals surface area contributed by atoms with Crippen LogP contribution < -0.4 is 5.32 Å². The number of nitrogens with zero attached hydrogens (tertiary/aromatic N) is 2. The van der Waals surface area contributed by atoms with Gasteiger partial charge in [0.25, 0.3) is 5.91 Å². The van der Waals surface area contributed by atoms with Crippen LogP contribution in [0, 0.1) is 0 Å². The van der Waals surface area contributed by atoms with Gasteiger partial charge in [0.2, 0.25) is 0 Å². The number of fused-ring (bicyclic) bond motifs is 1. The second-order valence-electron chi connectivity index (χ2n) is 4.55. The third kappa shape index (κ3) is 2.54. The summed E-state index contributed by atoms with van der Waals surface area (Å²) in [5, 5.41) is 2.91. The molecular weight excluding hydrogens is 250 g/mol. The van der Waals surface area contributed by atoms with Crippen LogP contribution in [0.15, 0.2) is 60.9 Å². The van der Waals surface area contributed by atoms with Crippen molar-refractivity contribution in [2.75, 3.05) is 6.54 Å². The first-order chi connectivity index (χ1) is 9.84. The number of rotatable bonds is 4. The van der Waals surface area contributed by atoms with Crippen LogP contribution >= 0.6 is 0 Å². The van der Waals surface area contributed by atoms with Gasteiger partial charge in [-0.1, -0.05) is 30.3 Å². The van der Waals surface area contributed by atoms with Gasteiger partial charge in [0, 0.05) is 18.7 Å². The van der Waals surface area contributed by atoms with E-state index in [0.29, 0.717) is 18.7 Å². The van der Waals surface area contributed by atoms with Crippen molar-refractivity contribution in [3.05, 3.63) is 66.5 Å². The molecule has 1 aromatic heterocycles. The van der Waals surface area contributed by atoms with Crippen LogP contribution in [-0.2, 0) is 6.54 Å². The Balaban J connectivity index is 1.62. The van der Waals surface area contributed by atoms with Crippen LogP contribution in [0.1, 0.15) is 10.4 Å². The first-order valence-electron chi connectivity index (χ1n) is 6.58. The van der Waals surface area contributed by atoms with Crippen LogP contribution in [0.25, 0.3) is 11.0 Å². The van der Waals surface area contributed by atoms with E-state index in [2.05, 4.69) is 10.3 Å². The summed E-state index contributed by atoms with van der Waals surface area (Å²) in [6.07, 6.45) is 1.80. The van der Waals surface area contributed by atoms with Crippen molar-refractivity contribution in [2.45, 2.75) is 6.54 Å². The second-order valence-corrected chi connectivity index (χ2v) is 4.55. The van der Waals surface area contributed by atoms with Gasteiger partial charge in [0.15, 0.2) is 0 Å². The van der Waals surface area contributed by atoms with Crippen molar-refractivity contribution in [2.24, 2.45) is 0 Å². The predicted molar refractivity (Wildman–Crippen MR) is 78.5 cm³/mol. The van der Waals surface area contributed by atoms with Crippen molar-refractivity contribution in [1.82, 2.24) is 14.9 Å². The van der Waals surface area contributed by atoms with E-state index in [1.54, 1.807) is 6.33 Å². The van der Waals surface area contributed by atoms with E-state index < -0.39 is 0 Å². The van der Waals surface area contributed by atoms with Crippen LogP contribution in [0.2, 0.25) is 0 Å². The number of amides is 1. The van der Waals surface area contributed by atoms with Gasteiger partial charge in [0.05, 0.1) is 17.4 Å². The average Bonchev–Trinajstić information content (AvgIpc) is 2.92. The highest BCUT2D eigenvalue weighted by Gasteiger charge is 2.04. The molecule has 20 heavy (non-hydrogen) atoms. The number of hydrogen-bond acceptors (Lipinski definition) is 2. The second kappa shape index (κ2) is 5.57. The molecule has 0 saturated carbocycles. The number of hydrogen-bond donors (Lipinski definition) is 1. The molecule has 4 heteroatoms. The van der Waals surface area contributed by atoms with Crippen LogP contribution in [0.4, 0.5) is 0 Å². The van der Waals surface area contributed by atoms with Crippen molar-refractivity contribution in [1.29, 1.82) is 0 Å². The maximum absolute atomic E-state index is 11.9. The Morgan fingerprint density at radius 3 is 2.65 bits per heavy atom. The third-order valence-corrected chi connectivity index (χ3v) is 3.20. The highest BCUT2D eigenvalue weighted by atomic mass is 16.1. The van der Waals surface area contributed by atoms with E-state index in [1.165, 1.54) is 0 Å². The summed E-state index contributed by atoms with van der Waals surface area (Å²) in [6.45, 7) is 1.28. The maximum atomic E-state index is 11.9. The Hall–Kier alpha value is -2.62. The van der Waals surface area contributed by atoms with E-state index in [-0.39, 0.29) is 5.91 Å². The van der Waals surface area contributed by atoms with Crippen LogP contribution in [0.5, 0.6) is 0 Å². The molecule has 0 spiro atoms. The van der Waals surface area contributed by atoms with E-state index >= 15 is 0 Å². The molecule has 0 radical (unpaired) electrons. The zero-order valence-corrected chi connectivity index (χ0v) is 11.0. The van der Waals surface area contributed by atoms with Gasteiger partial charge in [-0.05, 0) is 24.3 Å². The van der Waals surface area contributed by atoms with E-state index in [4.69, 9.17) is 0 Å². The first-order valence-corrected chi connectivity index (χ1v) is 6.58. The Kier molecular flexibility index (Phi) is 3.46. The minimum atomic E-state index is -0.0463. The van der Waals surface area contributed by atoms with Gasteiger partial charge >= 0.3 is 0 Å². The fourth-order valence-corrected chi connectivity index (χ4v) is 2.17. The van der Waals surface area contributed by atoms with Gasteiger partial charge in [-0.15, -0.1) is 0 Å². The molecule has 0 unspecified atom stereocenters. The molecule has 3 aromatic rings. The lowest BCUT2D eigenvalue weighted by molar-refractivity contribution is 0.0952. The van der Waals surface area contributed by atoms with E-state index in [9.17, 15) is 4.79 Å². The van der Waals surface area contributed by atoms with Gasteiger partial charge in [-0.3, -0.25) is 4.79 Å². The van der Waals surface area contributed by atoms with Crippen LogP contribution in [0.3, 0.4) is 0 Å². The zero-order valence-electron chi connectivity index (χ0n) is 11.0. The molecule has 0 fully saturated rings. The van der Waals surface area contributed by atoms with Crippen molar-refractivity contribution in [3.8, 4) is 0 Å². The number of benzene rings is 2. The number of carbonyl (C=O) groups excluding carboxylic acids is 1. The van der Waals surface area contributed by atoms with Gasteiger partial charge in [-0.2, -0.15) is 0 Å². The minimum absolute atomic E-state index is 0.0463. The fourth-order valence-electron chi connectivity index (χ4n) is 2.17. The summed E-state index contributed by atoms with van der Waals surface area (Å²) in [6, 6.07) is 17.2. The Bertz CT molecular complexity index is 719. The van der Waals surface area contributed by atoms with E-state index in [1.807, 2.05) is 59.2 Å². The highest BCUT2D eigenvalue weighted by molar-refractivity contribution is 5.94. The Morgan fingerprint density at radius 2 is 1.80 bits per heavy atom. The topological polar surface area (TPSA) is 46.9 Å². The highest BCUT2D eigenvalue weighted by Crippen LogP contribution is 2.11. The number of imidazole rings is 1. The molecule has 0 aliphatic heterocycles. The Labute approximate surface area is 117 Å². The largest absolute Gasteiger partial charge is 0.350 e. The number of nitrogens with one attached hydrogen (secondary N) is 1. The molecule has 0 saturated heterocycles. The SMILES string of the molecule is O=C(NCCn1cnc2ccccc21)c1ccccc1. The molecule has 0 aliphatic carbocycles. The van der Waals surface area contributed by atoms with Gasteiger partial charge < -0.3 is 9.88 Å². The standard InChI is InChI=1S/C16H15N3O/c20-16(13-6-2-1-3-7-13)17-10-11-19-12-18-14-8-4-5-9-15(14)19/h1-9,12H,10-11H2,(H,17,20). The van der Waals surface area contributed by atoms with E-state index in [0.717, 1.165) is 11.0 Å². The molecule has 0 aliphatic rings. The minimum Gasteiger partial charge on any atom is -0.350 e. The molecule has 1 heterocycles. The monoisotopic (exact) mass is 265 g/mol. The van der Waals surface area contributed by atoms with Crippen molar-refractivity contribution >= 4 is 16.9 Å². The molecule has 1 amide bonds. The average molecular weight is 265 g/mol. The summed E-state index contributed by atoms with van der Waals surface area (Å²) in [4.78, 5) is 16.2. The lowest BCUT2D eigenvalue weighted by atomic mass is 10.2. The summed E-state index contributed by atoms with van der Waals surface area (Å²) in [5.41, 5.74) is 2.74. The first kappa shape index (κ1) is 12.4.